The summed E-state index contributed by atoms with van der Waals surface area (Å²) in [5, 5.41) is 4.58. The van der Waals surface area contributed by atoms with Crippen molar-refractivity contribution in [2.45, 2.75) is 27.3 Å². The number of halogens is 1. The minimum atomic E-state index is 0.831. The molecule has 0 spiro atoms. The number of aryl methyl sites for hydroxylation is 1. The predicted molar refractivity (Wildman–Crippen MR) is 96.9 cm³/mol. The van der Waals surface area contributed by atoms with Gasteiger partial charge in [-0.15, -0.1) is 11.3 Å². The lowest BCUT2D eigenvalue weighted by molar-refractivity contribution is 0.860. The van der Waals surface area contributed by atoms with Crippen LogP contribution in [0.1, 0.15) is 24.3 Å². The zero-order valence-electron chi connectivity index (χ0n) is 12.1. The number of hydrogen-bond acceptors (Lipinski definition) is 4. The molecule has 2 rings (SSSR count). The maximum absolute atomic E-state index is 4.51. The van der Waals surface area contributed by atoms with E-state index in [1.807, 2.05) is 6.20 Å². The molecule has 0 bridgehead atoms. The quantitative estimate of drug-likeness (QED) is 0.722. The molecule has 0 atom stereocenters. The average molecular weight is 401 g/mol. The summed E-state index contributed by atoms with van der Waals surface area (Å²) in [6.07, 6.45) is 1.98. The first-order chi connectivity index (χ1) is 9.63. The van der Waals surface area contributed by atoms with Crippen molar-refractivity contribution in [3.63, 3.8) is 0 Å². The van der Waals surface area contributed by atoms with Gasteiger partial charge in [0.25, 0.3) is 0 Å². The second-order valence-electron chi connectivity index (χ2n) is 4.60. The van der Waals surface area contributed by atoms with E-state index < -0.39 is 0 Å². The third kappa shape index (κ3) is 3.85. The minimum absolute atomic E-state index is 0.831. The highest BCUT2D eigenvalue weighted by Crippen LogP contribution is 2.24. The summed E-state index contributed by atoms with van der Waals surface area (Å²) < 4.78 is 1.29. The third-order valence-corrected chi connectivity index (χ3v) is 5.43. The van der Waals surface area contributed by atoms with E-state index in [0.717, 1.165) is 30.5 Å². The van der Waals surface area contributed by atoms with Crippen molar-refractivity contribution < 1.29 is 0 Å². The second-order valence-corrected chi connectivity index (χ2v) is 6.85. The van der Waals surface area contributed by atoms with E-state index in [2.05, 4.69) is 76.8 Å². The van der Waals surface area contributed by atoms with Gasteiger partial charge in [-0.25, -0.2) is 4.98 Å². The summed E-state index contributed by atoms with van der Waals surface area (Å²) in [4.78, 5) is 8.05. The zero-order valence-corrected chi connectivity index (χ0v) is 15.1. The summed E-state index contributed by atoms with van der Waals surface area (Å²) in [5.41, 5.74) is 2.48. The molecule has 3 nitrogen and oxygen atoms in total. The Morgan fingerprint density at radius 3 is 2.70 bits per heavy atom. The van der Waals surface area contributed by atoms with Crippen molar-refractivity contribution >= 4 is 44.7 Å². The van der Waals surface area contributed by atoms with E-state index >= 15 is 0 Å². The molecule has 0 amide bonds. The van der Waals surface area contributed by atoms with Gasteiger partial charge >= 0.3 is 0 Å². The van der Waals surface area contributed by atoms with Gasteiger partial charge in [0, 0.05) is 33.4 Å². The Bertz CT molecular complexity index is 564. The Morgan fingerprint density at radius 2 is 2.05 bits per heavy atom. The van der Waals surface area contributed by atoms with Gasteiger partial charge in [-0.2, -0.15) is 0 Å². The first-order valence-electron chi connectivity index (χ1n) is 6.83. The number of rotatable bonds is 6. The highest BCUT2D eigenvalue weighted by Gasteiger charge is 2.07. The molecule has 108 valence electrons. The fraction of sp³-hybridized carbons (Fsp3) is 0.400. The van der Waals surface area contributed by atoms with E-state index in [-0.39, 0.29) is 0 Å². The third-order valence-electron chi connectivity index (χ3n) is 3.21. The van der Waals surface area contributed by atoms with E-state index in [4.69, 9.17) is 0 Å². The number of benzene rings is 1. The molecule has 2 aromatic rings. The molecular formula is C15H20IN3S. The predicted octanol–water partition coefficient (Wildman–Crippen LogP) is 4.51. The summed E-state index contributed by atoms with van der Waals surface area (Å²) in [6, 6.07) is 6.46. The van der Waals surface area contributed by atoms with Crippen LogP contribution in [0.5, 0.6) is 0 Å². The molecule has 0 aliphatic heterocycles. The molecule has 0 unspecified atom stereocenters. The molecule has 1 aromatic heterocycles. The Morgan fingerprint density at radius 1 is 1.30 bits per heavy atom. The standard InChI is InChI=1S/C15H20IN3S/c1-4-19(5-2)15-18-10-13(20-15)9-17-12-7-6-11(3)14(16)8-12/h6-8,10,17H,4-5,9H2,1-3H3. The largest absolute Gasteiger partial charge is 0.380 e. The van der Waals surface area contributed by atoms with Gasteiger partial charge in [-0.1, -0.05) is 6.07 Å². The van der Waals surface area contributed by atoms with Gasteiger partial charge in [0.15, 0.2) is 5.13 Å². The van der Waals surface area contributed by atoms with Crippen molar-refractivity contribution in [2.24, 2.45) is 0 Å². The van der Waals surface area contributed by atoms with Crippen molar-refractivity contribution in [1.29, 1.82) is 0 Å². The van der Waals surface area contributed by atoms with Crippen molar-refractivity contribution in [3.05, 3.63) is 38.4 Å². The lowest BCUT2D eigenvalue weighted by Crippen LogP contribution is -2.21. The summed E-state index contributed by atoms with van der Waals surface area (Å²) in [6.45, 7) is 9.30. The highest BCUT2D eigenvalue weighted by atomic mass is 127. The molecule has 0 aliphatic carbocycles. The highest BCUT2D eigenvalue weighted by molar-refractivity contribution is 14.1. The van der Waals surface area contributed by atoms with Crippen LogP contribution in [0.2, 0.25) is 0 Å². The SMILES string of the molecule is CCN(CC)c1ncc(CNc2ccc(C)c(I)c2)s1. The van der Waals surface area contributed by atoms with Gasteiger partial charge in [-0.3, -0.25) is 0 Å². The number of hydrogen-bond donors (Lipinski definition) is 1. The monoisotopic (exact) mass is 401 g/mol. The molecule has 1 heterocycles. The number of aromatic nitrogens is 1. The Hall–Kier alpha value is -0.820. The van der Waals surface area contributed by atoms with E-state index in [9.17, 15) is 0 Å². The number of nitrogens with zero attached hydrogens (tertiary/aromatic N) is 2. The van der Waals surface area contributed by atoms with Gasteiger partial charge < -0.3 is 10.2 Å². The fourth-order valence-corrected chi connectivity index (χ4v) is 3.40. The molecule has 1 N–H and O–H groups in total. The normalized spacial score (nSPS) is 10.6. The molecule has 1 aromatic carbocycles. The molecule has 0 aliphatic rings. The maximum atomic E-state index is 4.51. The fourth-order valence-electron chi connectivity index (χ4n) is 1.91. The van der Waals surface area contributed by atoms with Crippen LogP contribution >= 0.6 is 33.9 Å². The van der Waals surface area contributed by atoms with Crippen LogP contribution in [-0.4, -0.2) is 18.1 Å². The van der Waals surface area contributed by atoms with Crippen LogP contribution in [0.4, 0.5) is 10.8 Å². The molecule has 20 heavy (non-hydrogen) atoms. The first kappa shape index (κ1) is 15.6. The van der Waals surface area contributed by atoms with E-state index in [0.29, 0.717) is 0 Å². The van der Waals surface area contributed by atoms with Crippen LogP contribution in [0.3, 0.4) is 0 Å². The summed E-state index contributed by atoms with van der Waals surface area (Å²) in [5.74, 6) is 0. The molecule has 0 fully saturated rings. The van der Waals surface area contributed by atoms with Crippen LogP contribution in [-0.2, 0) is 6.54 Å². The van der Waals surface area contributed by atoms with Crippen molar-refractivity contribution in [2.75, 3.05) is 23.3 Å². The second kappa shape index (κ2) is 7.26. The topological polar surface area (TPSA) is 28.2 Å². The van der Waals surface area contributed by atoms with Crippen molar-refractivity contribution in [3.8, 4) is 0 Å². The molecule has 0 radical (unpaired) electrons. The van der Waals surface area contributed by atoms with Gasteiger partial charge in [0.2, 0.25) is 0 Å². The summed E-state index contributed by atoms with van der Waals surface area (Å²) in [7, 11) is 0. The Labute approximate surface area is 138 Å². The zero-order chi connectivity index (χ0) is 14.5. The van der Waals surface area contributed by atoms with Gasteiger partial charge in [-0.05, 0) is 61.1 Å². The smallest absolute Gasteiger partial charge is 0.185 e. The summed E-state index contributed by atoms with van der Waals surface area (Å²) >= 11 is 4.14. The minimum Gasteiger partial charge on any atom is -0.380 e. The molecule has 0 saturated heterocycles. The maximum Gasteiger partial charge on any atom is 0.185 e. The number of nitrogens with one attached hydrogen (secondary N) is 1. The Kier molecular flexibility index (Phi) is 5.65. The number of anilines is 2. The first-order valence-corrected chi connectivity index (χ1v) is 8.73. The Balaban J connectivity index is 1.98. The van der Waals surface area contributed by atoms with Crippen LogP contribution < -0.4 is 10.2 Å². The lowest BCUT2D eigenvalue weighted by atomic mass is 10.2. The van der Waals surface area contributed by atoms with Gasteiger partial charge in [0.05, 0.1) is 6.54 Å². The van der Waals surface area contributed by atoms with Crippen LogP contribution in [0, 0.1) is 10.5 Å². The van der Waals surface area contributed by atoms with Crippen LogP contribution in [0.25, 0.3) is 0 Å². The van der Waals surface area contributed by atoms with Crippen LogP contribution in [0.15, 0.2) is 24.4 Å². The van der Waals surface area contributed by atoms with E-state index in [1.165, 1.54) is 14.0 Å². The average Bonchev–Trinajstić information content (AvgIpc) is 2.90. The molecule has 0 saturated carbocycles. The van der Waals surface area contributed by atoms with E-state index in [1.54, 1.807) is 11.3 Å². The molecular weight excluding hydrogens is 381 g/mol. The molecule has 5 heteroatoms. The van der Waals surface area contributed by atoms with Gasteiger partial charge in [0.1, 0.15) is 0 Å². The van der Waals surface area contributed by atoms with Crippen molar-refractivity contribution in [1.82, 2.24) is 4.98 Å². The number of thiazole rings is 1. The lowest BCUT2D eigenvalue weighted by Gasteiger charge is -2.16.